The van der Waals surface area contributed by atoms with Crippen LogP contribution in [0.5, 0.6) is 0 Å². The first-order valence-corrected chi connectivity index (χ1v) is 9.32. The molecule has 0 aliphatic rings. The number of nitrogens with zero attached hydrogens (tertiary/aromatic N) is 1. The molecule has 0 bridgehead atoms. The zero-order chi connectivity index (χ0) is 22.2. The van der Waals surface area contributed by atoms with Gasteiger partial charge in [0.15, 0.2) is 5.82 Å². The summed E-state index contributed by atoms with van der Waals surface area (Å²) in [5, 5.41) is 6.29. The molecule has 0 radical (unpaired) electrons. The molecule has 0 fully saturated rings. The normalized spacial score (nSPS) is 11.7. The first-order valence-electron chi connectivity index (χ1n) is 9.32. The number of amides is 1. The number of hydrogen-bond acceptors (Lipinski definition) is 7. The van der Waals surface area contributed by atoms with Gasteiger partial charge >= 0.3 is 11.9 Å². The van der Waals surface area contributed by atoms with Crippen molar-refractivity contribution in [2.24, 2.45) is 0 Å². The average Bonchev–Trinajstić information content (AvgIpc) is 3.20. The Kier molecular flexibility index (Phi) is 6.95. The second-order valence-electron chi connectivity index (χ2n) is 6.49. The molecule has 1 N–H and O–H groups in total. The number of aryl methyl sites for hydroxylation is 1. The molecule has 0 saturated carbocycles. The topological polar surface area (TPSA) is 108 Å². The molecule has 31 heavy (non-hydrogen) atoms. The number of esters is 2. The lowest BCUT2D eigenvalue weighted by atomic mass is 10.1. The Morgan fingerprint density at radius 2 is 1.77 bits per heavy atom. The van der Waals surface area contributed by atoms with E-state index in [1.165, 1.54) is 19.3 Å². The second kappa shape index (κ2) is 10.0. The summed E-state index contributed by atoms with van der Waals surface area (Å²) in [6.45, 7) is 1.69. The summed E-state index contributed by atoms with van der Waals surface area (Å²) in [7, 11) is 1.30. The molecule has 1 heterocycles. The zero-order valence-corrected chi connectivity index (χ0v) is 16.9. The van der Waals surface area contributed by atoms with Crippen LogP contribution in [0.4, 0.5) is 5.82 Å². The molecule has 158 valence electrons. The highest BCUT2D eigenvalue weighted by molar-refractivity contribution is 5.97. The van der Waals surface area contributed by atoms with Gasteiger partial charge in [0.05, 0.1) is 12.7 Å². The van der Waals surface area contributed by atoms with Crippen LogP contribution in [0.2, 0.25) is 0 Å². The highest BCUT2D eigenvalue weighted by Crippen LogP contribution is 2.20. The fourth-order valence-corrected chi connectivity index (χ4v) is 2.69. The van der Waals surface area contributed by atoms with E-state index in [-0.39, 0.29) is 5.82 Å². The van der Waals surface area contributed by atoms with Crippen LogP contribution < -0.4 is 5.32 Å². The number of rotatable bonds is 7. The fraction of sp³-hybridized carbons (Fsp3) is 0.130. The summed E-state index contributed by atoms with van der Waals surface area (Å²) < 4.78 is 15.0. The number of anilines is 1. The summed E-state index contributed by atoms with van der Waals surface area (Å²) in [5.41, 5.74) is 1.57. The molecule has 0 saturated heterocycles. The number of nitrogens with one attached hydrogen (secondary N) is 1. The quantitative estimate of drug-likeness (QED) is 0.459. The van der Waals surface area contributed by atoms with Crippen LogP contribution in [0.3, 0.4) is 0 Å². The standard InChI is InChI=1S/C23H20N2O6/c1-15-14-19(25-31-15)24-22(27)21(17-6-4-3-5-7-17)30-20(26)13-10-16-8-11-18(12-9-16)23(28)29-2/h3-14,21H,1-2H3,(H,24,25,27)/b13-10+. The Balaban J connectivity index is 1.71. The molecule has 1 aromatic heterocycles. The van der Waals surface area contributed by atoms with E-state index in [4.69, 9.17) is 9.26 Å². The lowest BCUT2D eigenvalue weighted by Crippen LogP contribution is -2.25. The van der Waals surface area contributed by atoms with Crippen LogP contribution in [0.15, 0.2) is 71.3 Å². The van der Waals surface area contributed by atoms with Crippen molar-refractivity contribution in [3.63, 3.8) is 0 Å². The van der Waals surface area contributed by atoms with Crippen molar-refractivity contribution < 1.29 is 28.4 Å². The highest BCUT2D eigenvalue weighted by Gasteiger charge is 2.25. The SMILES string of the molecule is COC(=O)c1ccc(/C=C/C(=O)OC(C(=O)Nc2cc(C)on2)c2ccccc2)cc1. The molecule has 3 rings (SSSR count). The number of methoxy groups -OCH3 is 1. The minimum atomic E-state index is -1.18. The van der Waals surface area contributed by atoms with Gasteiger partial charge in [0.2, 0.25) is 6.10 Å². The molecule has 2 aromatic carbocycles. The van der Waals surface area contributed by atoms with Crippen molar-refractivity contribution in [1.82, 2.24) is 5.16 Å². The van der Waals surface area contributed by atoms with Gasteiger partial charge in [-0.25, -0.2) is 9.59 Å². The number of benzene rings is 2. The first-order chi connectivity index (χ1) is 15.0. The van der Waals surface area contributed by atoms with Crippen LogP contribution in [0.1, 0.15) is 33.3 Å². The lowest BCUT2D eigenvalue weighted by molar-refractivity contribution is -0.149. The molecule has 1 atom stereocenters. The second-order valence-corrected chi connectivity index (χ2v) is 6.49. The Morgan fingerprint density at radius 3 is 2.39 bits per heavy atom. The molecule has 0 aliphatic carbocycles. The van der Waals surface area contributed by atoms with Crippen molar-refractivity contribution in [3.05, 3.63) is 89.2 Å². The maximum absolute atomic E-state index is 12.7. The number of carbonyl (C=O) groups excluding carboxylic acids is 3. The van der Waals surface area contributed by atoms with Gasteiger partial charge in [-0.2, -0.15) is 0 Å². The summed E-state index contributed by atoms with van der Waals surface area (Å²) in [4.78, 5) is 36.6. The maximum atomic E-state index is 12.7. The Morgan fingerprint density at radius 1 is 1.06 bits per heavy atom. The molecular weight excluding hydrogens is 400 g/mol. The van der Waals surface area contributed by atoms with E-state index in [0.717, 1.165) is 0 Å². The Hall–Kier alpha value is -4.20. The Labute approximate surface area is 178 Å². The molecule has 1 unspecified atom stereocenters. The van der Waals surface area contributed by atoms with E-state index >= 15 is 0 Å². The van der Waals surface area contributed by atoms with Gasteiger partial charge in [-0.3, -0.25) is 4.79 Å². The monoisotopic (exact) mass is 420 g/mol. The third kappa shape index (κ3) is 5.89. The minimum Gasteiger partial charge on any atom is -0.465 e. The molecule has 3 aromatic rings. The van der Waals surface area contributed by atoms with E-state index in [1.807, 2.05) is 0 Å². The van der Waals surface area contributed by atoms with Crippen molar-refractivity contribution >= 4 is 29.7 Å². The smallest absolute Gasteiger partial charge is 0.337 e. The molecule has 8 nitrogen and oxygen atoms in total. The highest BCUT2D eigenvalue weighted by atomic mass is 16.5. The van der Waals surface area contributed by atoms with Crippen molar-refractivity contribution in [3.8, 4) is 0 Å². The summed E-state index contributed by atoms with van der Waals surface area (Å²) in [6.07, 6.45) is 1.54. The van der Waals surface area contributed by atoms with Gasteiger partial charge in [0.1, 0.15) is 5.76 Å². The lowest BCUT2D eigenvalue weighted by Gasteiger charge is -2.16. The molecular formula is C23H20N2O6. The number of carbonyl (C=O) groups is 3. The van der Waals surface area contributed by atoms with Gasteiger partial charge in [-0.05, 0) is 30.7 Å². The van der Waals surface area contributed by atoms with Crippen molar-refractivity contribution in [1.29, 1.82) is 0 Å². The van der Waals surface area contributed by atoms with E-state index in [1.54, 1.807) is 67.6 Å². The van der Waals surface area contributed by atoms with Gasteiger partial charge < -0.3 is 19.3 Å². The van der Waals surface area contributed by atoms with E-state index in [0.29, 0.717) is 22.5 Å². The predicted octanol–water partition coefficient (Wildman–Crippen LogP) is 3.71. The summed E-state index contributed by atoms with van der Waals surface area (Å²) >= 11 is 0. The van der Waals surface area contributed by atoms with Crippen LogP contribution in [0.25, 0.3) is 6.08 Å². The van der Waals surface area contributed by atoms with Crippen molar-refractivity contribution in [2.75, 3.05) is 12.4 Å². The first kappa shape index (κ1) is 21.5. The maximum Gasteiger partial charge on any atom is 0.337 e. The van der Waals surface area contributed by atoms with Crippen LogP contribution in [0, 0.1) is 6.92 Å². The molecule has 1 amide bonds. The number of hydrogen-bond donors (Lipinski definition) is 1. The summed E-state index contributed by atoms with van der Waals surface area (Å²) in [6, 6.07) is 16.7. The van der Waals surface area contributed by atoms with Crippen LogP contribution in [-0.4, -0.2) is 30.1 Å². The average molecular weight is 420 g/mol. The Bertz CT molecular complexity index is 1090. The summed E-state index contributed by atoms with van der Waals surface area (Å²) in [5.74, 6) is -0.972. The van der Waals surface area contributed by atoms with E-state index in [9.17, 15) is 14.4 Å². The van der Waals surface area contributed by atoms with Crippen LogP contribution in [-0.2, 0) is 19.1 Å². The molecule has 0 spiro atoms. The van der Waals surface area contributed by atoms with Crippen molar-refractivity contribution in [2.45, 2.75) is 13.0 Å². The van der Waals surface area contributed by atoms with E-state index in [2.05, 4.69) is 15.2 Å². The van der Waals surface area contributed by atoms with Gasteiger partial charge in [-0.15, -0.1) is 0 Å². The number of aromatic nitrogens is 1. The number of ether oxygens (including phenoxy) is 2. The van der Waals surface area contributed by atoms with Crippen LogP contribution >= 0.6 is 0 Å². The zero-order valence-electron chi connectivity index (χ0n) is 16.9. The minimum absolute atomic E-state index is 0.223. The predicted molar refractivity (Wildman–Crippen MR) is 112 cm³/mol. The molecule has 8 heteroatoms. The third-order valence-corrected chi connectivity index (χ3v) is 4.20. The van der Waals surface area contributed by atoms with Gasteiger partial charge in [0, 0.05) is 17.7 Å². The van der Waals surface area contributed by atoms with Gasteiger partial charge in [-0.1, -0.05) is 47.6 Å². The fourth-order valence-electron chi connectivity index (χ4n) is 2.69. The molecule has 0 aliphatic heterocycles. The largest absolute Gasteiger partial charge is 0.465 e. The van der Waals surface area contributed by atoms with E-state index < -0.39 is 23.9 Å². The third-order valence-electron chi connectivity index (χ3n) is 4.20. The van der Waals surface area contributed by atoms with Gasteiger partial charge in [0.25, 0.3) is 5.91 Å².